The number of benzene rings is 2. The second kappa shape index (κ2) is 13.7. The van der Waals surface area contributed by atoms with Crippen LogP contribution in [-0.2, 0) is 26.3 Å². The Balaban J connectivity index is 1.13. The molecule has 11 nitrogen and oxygen atoms in total. The highest BCUT2D eigenvalue weighted by molar-refractivity contribution is 6.33. The number of piperidine rings is 2. The molecule has 248 valence electrons. The van der Waals surface area contributed by atoms with Crippen LogP contribution in [0.2, 0.25) is 5.02 Å². The molecule has 3 fully saturated rings. The number of nitrogens with zero attached hydrogens (tertiary/aromatic N) is 4. The molecular formula is C34H45ClN6O5. The fourth-order valence-corrected chi connectivity index (χ4v) is 7.69. The first kappa shape index (κ1) is 32.4. The fourth-order valence-electron chi connectivity index (χ4n) is 7.40. The topological polar surface area (TPSA) is 121 Å². The average molecular weight is 653 g/mol. The minimum absolute atomic E-state index is 0.192. The Morgan fingerprint density at radius 2 is 1.78 bits per heavy atom. The van der Waals surface area contributed by atoms with E-state index in [0.29, 0.717) is 55.8 Å². The summed E-state index contributed by atoms with van der Waals surface area (Å²) >= 11 is 6.40. The number of para-hydroxylation sites is 1. The van der Waals surface area contributed by atoms with Gasteiger partial charge in [0.2, 0.25) is 0 Å². The summed E-state index contributed by atoms with van der Waals surface area (Å²) in [5.74, 6) is -0.192. The molecule has 0 radical (unpaired) electrons. The zero-order valence-corrected chi connectivity index (χ0v) is 27.6. The van der Waals surface area contributed by atoms with Crippen molar-refractivity contribution in [2.75, 3.05) is 70.5 Å². The Labute approximate surface area is 275 Å². The van der Waals surface area contributed by atoms with E-state index in [9.17, 15) is 14.4 Å². The average Bonchev–Trinajstić information content (AvgIpc) is 3.27. The van der Waals surface area contributed by atoms with Gasteiger partial charge in [-0.05, 0) is 69.6 Å². The van der Waals surface area contributed by atoms with Crippen molar-refractivity contribution in [3.05, 3.63) is 58.1 Å². The van der Waals surface area contributed by atoms with Crippen molar-refractivity contribution in [3.63, 3.8) is 0 Å². The van der Waals surface area contributed by atoms with E-state index in [1.165, 1.54) is 0 Å². The molecule has 1 spiro atoms. The Hall–Kier alpha value is -3.54. The summed E-state index contributed by atoms with van der Waals surface area (Å²) in [6, 6.07) is 11.7. The van der Waals surface area contributed by atoms with E-state index in [4.69, 9.17) is 26.8 Å². The lowest BCUT2D eigenvalue weighted by atomic mass is 9.82. The number of ether oxygens (including phenoxy) is 2. The van der Waals surface area contributed by atoms with Crippen LogP contribution < -0.4 is 11.1 Å². The second-order valence-electron chi connectivity index (χ2n) is 13.2. The molecule has 0 saturated carbocycles. The van der Waals surface area contributed by atoms with Crippen molar-refractivity contribution in [1.82, 2.24) is 19.6 Å². The van der Waals surface area contributed by atoms with Crippen LogP contribution in [0.5, 0.6) is 0 Å². The zero-order chi connectivity index (χ0) is 32.4. The molecule has 0 aromatic heterocycles. The molecule has 2 aromatic rings. The van der Waals surface area contributed by atoms with E-state index in [1.807, 2.05) is 42.2 Å². The number of fused-ring (bicyclic) bond motifs is 2. The maximum absolute atomic E-state index is 14.0. The van der Waals surface area contributed by atoms with Crippen LogP contribution >= 0.6 is 11.6 Å². The first-order valence-electron chi connectivity index (χ1n) is 16.4. The first-order chi connectivity index (χ1) is 22.1. The van der Waals surface area contributed by atoms with E-state index < -0.39 is 23.9 Å². The summed E-state index contributed by atoms with van der Waals surface area (Å²) in [7, 11) is 2.17. The third-order valence-electron chi connectivity index (χ3n) is 10.2. The SMILES string of the molecule is Cc1cc(C[C@@H](OC(=O)N2CCC3(CC2)OC(=O)Nc2ccccc23)C(=O)N2CCC(N3CCCN(C)CC3)CC2)cc(Cl)c1N. The van der Waals surface area contributed by atoms with E-state index in [-0.39, 0.29) is 12.3 Å². The van der Waals surface area contributed by atoms with Gasteiger partial charge in [-0.2, -0.15) is 0 Å². The predicted molar refractivity (Wildman–Crippen MR) is 177 cm³/mol. The largest absolute Gasteiger partial charge is 0.438 e. The number of nitrogens with one attached hydrogen (secondary N) is 1. The van der Waals surface area contributed by atoms with Crippen LogP contribution in [0.1, 0.15) is 48.8 Å². The van der Waals surface area contributed by atoms with Gasteiger partial charge in [0, 0.05) is 70.1 Å². The van der Waals surface area contributed by atoms with Crippen molar-refractivity contribution in [1.29, 1.82) is 0 Å². The monoisotopic (exact) mass is 652 g/mol. The highest BCUT2D eigenvalue weighted by Crippen LogP contribution is 2.43. The van der Waals surface area contributed by atoms with Gasteiger partial charge in [-0.25, -0.2) is 9.59 Å². The van der Waals surface area contributed by atoms with E-state index in [1.54, 1.807) is 11.0 Å². The van der Waals surface area contributed by atoms with Gasteiger partial charge in [0.05, 0.1) is 16.4 Å². The minimum atomic E-state index is -1.01. The summed E-state index contributed by atoms with van der Waals surface area (Å²) in [5.41, 5.74) is 8.99. The Bertz CT molecular complexity index is 1430. The van der Waals surface area contributed by atoms with Crippen LogP contribution in [0, 0.1) is 6.92 Å². The highest BCUT2D eigenvalue weighted by atomic mass is 35.5. The Morgan fingerprint density at radius 1 is 1.04 bits per heavy atom. The summed E-state index contributed by atoms with van der Waals surface area (Å²) in [6.07, 6.45) is 1.93. The molecule has 4 aliphatic rings. The van der Waals surface area contributed by atoms with Crippen molar-refractivity contribution >= 4 is 41.1 Å². The van der Waals surface area contributed by atoms with E-state index in [0.717, 1.165) is 67.8 Å². The number of likely N-dealkylation sites (tertiary alicyclic amines) is 2. The van der Waals surface area contributed by atoms with E-state index in [2.05, 4.69) is 22.2 Å². The standard InChI is InChI=1S/C34H45ClN6O5/c1-23-20-24(21-27(35)30(23)36)22-29(31(42)40-14-8-25(9-15-40)39-13-5-12-38(2)18-19-39)45-33(44)41-16-10-34(11-17-41)26-6-3-4-7-28(26)37-32(43)46-34/h3-4,6-7,20-21,25,29H,5,8-19,22,36H2,1-2H3,(H,37,43)/t29-/m1/s1. The number of amides is 3. The zero-order valence-electron chi connectivity index (χ0n) is 26.8. The summed E-state index contributed by atoms with van der Waals surface area (Å²) in [4.78, 5) is 48.4. The van der Waals surface area contributed by atoms with Gasteiger partial charge in [0.25, 0.3) is 5.91 Å². The van der Waals surface area contributed by atoms with Gasteiger partial charge >= 0.3 is 12.2 Å². The number of hydrogen-bond acceptors (Lipinski definition) is 8. The van der Waals surface area contributed by atoms with Crippen LogP contribution in [0.3, 0.4) is 0 Å². The lowest BCUT2D eigenvalue weighted by molar-refractivity contribution is -0.142. The molecule has 1 atom stereocenters. The van der Waals surface area contributed by atoms with Gasteiger partial charge in [-0.1, -0.05) is 35.9 Å². The van der Waals surface area contributed by atoms with Crippen molar-refractivity contribution in [3.8, 4) is 0 Å². The third kappa shape index (κ3) is 6.91. The van der Waals surface area contributed by atoms with Gasteiger partial charge in [0.15, 0.2) is 6.10 Å². The molecule has 3 amide bonds. The number of carbonyl (C=O) groups is 3. The number of aryl methyl sites for hydroxylation is 1. The number of likely N-dealkylation sites (N-methyl/N-ethyl adjacent to an activating group) is 1. The van der Waals surface area contributed by atoms with Crippen LogP contribution in [-0.4, -0.2) is 109 Å². The normalized spacial score (nSPS) is 21.6. The molecule has 4 heterocycles. The maximum atomic E-state index is 14.0. The molecule has 0 unspecified atom stereocenters. The molecule has 0 bridgehead atoms. The smallest absolute Gasteiger partial charge is 0.412 e. The Kier molecular flexibility index (Phi) is 9.63. The quantitative estimate of drug-likeness (QED) is 0.455. The number of anilines is 2. The third-order valence-corrected chi connectivity index (χ3v) is 10.5. The van der Waals surface area contributed by atoms with Crippen LogP contribution in [0.25, 0.3) is 0 Å². The molecule has 2 aromatic carbocycles. The number of nitrogens with two attached hydrogens (primary N) is 1. The molecule has 6 rings (SSSR count). The lowest BCUT2D eigenvalue weighted by Crippen LogP contribution is -2.53. The molecular weight excluding hydrogens is 608 g/mol. The molecule has 4 aliphatic heterocycles. The molecule has 3 N–H and O–H groups in total. The maximum Gasteiger partial charge on any atom is 0.412 e. The second-order valence-corrected chi connectivity index (χ2v) is 13.6. The number of hydrogen-bond donors (Lipinski definition) is 2. The summed E-state index contributed by atoms with van der Waals surface area (Å²) in [5, 5.41) is 3.18. The van der Waals surface area contributed by atoms with Crippen molar-refractivity contribution in [2.24, 2.45) is 0 Å². The van der Waals surface area contributed by atoms with Crippen LogP contribution in [0.4, 0.5) is 21.0 Å². The number of carbonyl (C=O) groups excluding carboxylic acids is 3. The van der Waals surface area contributed by atoms with Gasteiger partial charge < -0.3 is 29.9 Å². The Morgan fingerprint density at radius 3 is 2.52 bits per heavy atom. The van der Waals surface area contributed by atoms with E-state index >= 15 is 0 Å². The minimum Gasteiger partial charge on any atom is -0.438 e. The lowest BCUT2D eigenvalue weighted by Gasteiger charge is -2.44. The molecule has 3 saturated heterocycles. The number of halogens is 1. The van der Waals surface area contributed by atoms with Crippen molar-refractivity contribution in [2.45, 2.75) is 63.2 Å². The van der Waals surface area contributed by atoms with Gasteiger partial charge in [0.1, 0.15) is 5.60 Å². The van der Waals surface area contributed by atoms with Crippen molar-refractivity contribution < 1.29 is 23.9 Å². The molecule has 46 heavy (non-hydrogen) atoms. The van der Waals surface area contributed by atoms with Gasteiger partial charge in [-0.15, -0.1) is 0 Å². The summed E-state index contributed by atoms with van der Waals surface area (Å²) < 4.78 is 11.9. The highest BCUT2D eigenvalue weighted by Gasteiger charge is 2.46. The number of rotatable bonds is 5. The van der Waals surface area contributed by atoms with Gasteiger partial charge in [-0.3, -0.25) is 15.0 Å². The predicted octanol–water partition coefficient (Wildman–Crippen LogP) is 4.46. The molecule has 0 aliphatic carbocycles. The summed E-state index contributed by atoms with van der Waals surface area (Å²) in [6.45, 7) is 8.06. The molecule has 12 heteroatoms. The fraction of sp³-hybridized carbons (Fsp3) is 0.559. The first-order valence-corrected chi connectivity index (χ1v) is 16.8. The number of nitrogen functional groups attached to an aromatic ring is 1. The van der Waals surface area contributed by atoms with Crippen LogP contribution in [0.15, 0.2) is 36.4 Å².